The topological polar surface area (TPSA) is 33.1 Å². The summed E-state index contributed by atoms with van der Waals surface area (Å²) in [5.41, 5.74) is 2.86. The van der Waals surface area contributed by atoms with E-state index in [1.807, 2.05) is 26.0 Å². The van der Waals surface area contributed by atoms with E-state index < -0.39 is 0 Å². The van der Waals surface area contributed by atoms with Crippen LogP contribution in [0.25, 0.3) is 0 Å². The van der Waals surface area contributed by atoms with Crippen molar-refractivity contribution in [3.05, 3.63) is 23.5 Å². The third-order valence-corrected chi connectivity index (χ3v) is 1.32. The lowest BCUT2D eigenvalue weighted by Gasteiger charge is -1.98. The first-order valence-corrected chi connectivity index (χ1v) is 3.27. The largest absolute Gasteiger partial charge is 0.449 e. The highest BCUT2D eigenvalue weighted by atomic mass is 16.2. The van der Waals surface area contributed by atoms with Crippen molar-refractivity contribution in [3.8, 4) is 0 Å². The standard InChI is InChI=1S/C7H10BNO/c1-5-3-7(8-10)4-6(2)9-5/h3-4,8,10H,1-2H3. The van der Waals surface area contributed by atoms with Gasteiger partial charge < -0.3 is 5.02 Å². The van der Waals surface area contributed by atoms with Gasteiger partial charge in [-0.3, -0.25) is 4.98 Å². The molecule has 0 aliphatic carbocycles. The highest BCUT2D eigenvalue weighted by molar-refractivity contribution is 6.45. The minimum Gasteiger partial charge on any atom is -0.449 e. The van der Waals surface area contributed by atoms with Crippen molar-refractivity contribution >= 4 is 12.9 Å². The van der Waals surface area contributed by atoms with Crippen LogP contribution in [0.1, 0.15) is 11.4 Å². The summed E-state index contributed by atoms with van der Waals surface area (Å²) in [5.74, 6) is 0. The average Bonchev–Trinajstić information content (AvgIpc) is 1.85. The van der Waals surface area contributed by atoms with Crippen molar-refractivity contribution in [2.75, 3.05) is 0 Å². The van der Waals surface area contributed by atoms with Gasteiger partial charge in [0.25, 0.3) is 0 Å². The van der Waals surface area contributed by atoms with Gasteiger partial charge in [0.2, 0.25) is 0 Å². The predicted octanol–water partition coefficient (Wildman–Crippen LogP) is -0.332. The number of hydrogen-bond donors (Lipinski definition) is 1. The molecule has 0 aliphatic heterocycles. The smallest absolute Gasteiger partial charge is 0.304 e. The van der Waals surface area contributed by atoms with Gasteiger partial charge in [0.15, 0.2) is 0 Å². The fourth-order valence-electron chi connectivity index (χ4n) is 1.01. The molecule has 52 valence electrons. The maximum atomic E-state index is 8.76. The van der Waals surface area contributed by atoms with Crippen LogP contribution >= 0.6 is 0 Å². The first-order valence-electron chi connectivity index (χ1n) is 3.27. The molecule has 0 saturated heterocycles. The van der Waals surface area contributed by atoms with E-state index >= 15 is 0 Å². The summed E-state index contributed by atoms with van der Waals surface area (Å²) in [4.78, 5) is 4.17. The minimum atomic E-state index is 0.101. The van der Waals surface area contributed by atoms with Gasteiger partial charge in [-0.2, -0.15) is 0 Å². The molecule has 2 nitrogen and oxygen atoms in total. The molecule has 1 aromatic rings. The van der Waals surface area contributed by atoms with Gasteiger partial charge >= 0.3 is 7.48 Å². The maximum Gasteiger partial charge on any atom is 0.304 e. The van der Waals surface area contributed by atoms with Crippen molar-refractivity contribution in [1.29, 1.82) is 0 Å². The molecule has 0 unspecified atom stereocenters. The van der Waals surface area contributed by atoms with Crippen LogP contribution in [0, 0.1) is 13.8 Å². The fraction of sp³-hybridized carbons (Fsp3) is 0.286. The molecule has 1 heterocycles. The van der Waals surface area contributed by atoms with E-state index in [2.05, 4.69) is 4.98 Å². The molecule has 0 saturated carbocycles. The molecule has 0 atom stereocenters. The van der Waals surface area contributed by atoms with Gasteiger partial charge in [0.05, 0.1) is 0 Å². The van der Waals surface area contributed by atoms with Gasteiger partial charge in [0.1, 0.15) is 0 Å². The number of rotatable bonds is 1. The van der Waals surface area contributed by atoms with Crippen molar-refractivity contribution < 1.29 is 5.02 Å². The lowest BCUT2D eigenvalue weighted by atomic mass is 9.88. The molecule has 0 fully saturated rings. The number of nitrogens with zero attached hydrogens (tertiary/aromatic N) is 1. The second-order valence-corrected chi connectivity index (χ2v) is 2.42. The van der Waals surface area contributed by atoms with Crippen LogP contribution in [-0.2, 0) is 0 Å². The molecule has 3 heteroatoms. The number of aryl methyl sites for hydroxylation is 2. The number of hydrogen-bond acceptors (Lipinski definition) is 2. The maximum absolute atomic E-state index is 8.76. The van der Waals surface area contributed by atoms with Crippen molar-refractivity contribution in [3.63, 3.8) is 0 Å². The van der Waals surface area contributed by atoms with Gasteiger partial charge in [0, 0.05) is 11.4 Å². The summed E-state index contributed by atoms with van der Waals surface area (Å²) in [6.45, 7) is 3.85. The molecular weight excluding hydrogens is 125 g/mol. The molecule has 0 radical (unpaired) electrons. The van der Waals surface area contributed by atoms with E-state index in [0.717, 1.165) is 16.9 Å². The first kappa shape index (κ1) is 7.28. The quantitative estimate of drug-likeness (QED) is 0.534. The molecular formula is C7H10BNO. The van der Waals surface area contributed by atoms with E-state index in [1.54, 1.807) is 0 Å². The minimum absolute atomic E-state index is 0.101. The molecule has 1 N–H and O–H groups in total. The summed E-state index contributed by atoms with van der Waals surface area (Å²) in [6, 6.07) is 3.76. The highest BCUT2D eigenvalue weighted by Crippen LogP contribution is 1.92. The Bertz CT molecular complexity index is 217. The third kappa shape index (κ3) is 1.58. The summed E-state index contributed by atoms with van der Waals surface area (Å²) < 4.78 is 0. The Kier molecular flexibility index (Phi) is 2.07. The van der Waals surface area contributed by atoms with Crippen LogP contribution in [0.3, 0.4) is 0 Å². The molecule has 0 bridgehead atoms. The lowest BCUT2D eigenvalue weighted by molar-refractivity contribution is 0.615. The monoisotopic (exact) mass is 135 g/mol. The Morgan fingerprint density at radius 3 is 2.20 bits per heavy atom. The predicted molar refractivity (Wildman–Crippen MR) is 42.7 cm³/mol. The van der Waals surface area contributed by atoms with Crippen LogP contribution < -0.4 is 5.46 Å². The SMILES string of the molecule is Cc1cc(BO)cc(C)n1. The van der Waals surface area contributed by atoms with Crippen molar-refractivity contribution in [2.45, 2.75) is 13.8 Å². The van der Waals surface area contributed by atoms with E-state index in [1.165, 1.54) is 0 Å². The van der Waals surface area contributed by atoms with E-state index in [9.17, 15) is 0 Å². The van der Waals surface area contributed by atoms with Gasteiger partial charge in [-0.1, -0.05) is 0 Å². The van der Waals surface area contributed by atoms with Crippen LogP contribution in [0.15, 0.2) is 12.1 Å². The molecule has 0 amide bonds. The molecule has 0 spiro atoms. The molecule has 0 aromatic carbocycles. The highest BCUT2D eigenvalue weighted by Gasteiger charge is 1.95. The Hall–Kier alpha value is -0.825. The number of pyridine rings is 1. The summed E-state index contributed by atoms with van der Waals surface area (Å²) in [6.07, 6.45) is 0. The van der Waals surface area contributed by atoms with Crippen molar-refractivity contribution in [1.82, 2.24) is 4.98 Å². The fourth-order valence-corrected chi connectivity index (χ4v) is 1.01. The third-order valence-electron chi connectivity index (χ3n) is 1.32. The zero-order chi connectivity index (χ0) is 7.56. The Labute approximate surface area is 61.2 Å². The second kappa shape index (κ2) is 2.84. The lowest BCUT2D eigenvalue weighted by Crippen LogP contribution is -2.14. The van der Waals surface area contributed by atoms with Crippen LogP contribution in [0.4, 0.5) is 0 Å². The summed E-state index contributed by atoms with van der Waals surface area (Å²) >= 11 is 0. The first-order chi connectivity index (χ1) is 4.72. The molecule has 1 rings (SSSR count). The zero-order valence-corrected chi connectivity index (χ0v) is 6.26. The Morgan fingerprint density at radius 1 is 1.30 bits per heavy atom. The van der Waals surface area contributed by atoms with Crippen LogP contribution in [-0.4, -0.2) is 17.5 Å². The van der Waals surface area contributed by atoms with Crippen molar-refractivity contribution in [2.24, 2.45) is 0 Å². The Balaban J connectivity index is 3.06. The average molecular weight is 135 g/mol. The van der Waals surface area contributed by atoms with Gasteiger partial charge in [-0.15, -0.1) is 0 Å². The molecule has 1 aromatic heterocycles. The zero-order valence-electron chi connectivity index (χ0n) is 6.26. The molecule has 10 heavy (non-hydrogen) atoms. The van der Waals surface area contributed by atoms with Gasteiger partial charge in [-0.25, -0.2) is 0 Å². The second-order valence-electron chi connectivity index (χ2n) is 2.42. The summed E-state index contributed by atoms with van der Waals surface area (Å²) in [5, 5.41) is 8.76. The summed E-state index contributed by atoms with van der Waals surface area (Å²) in [7, 11) is 0.101. The van der Waals surface area contributed by atoms with Gasteiger partial charge in [-0.05, 0) is 31.4 Å². The van der Waals surface area contributed by atoms with E-state index in [0.29, 0.717) is 0 Å². The molecule has 0 aliphatic rings. The van der Waals surface area contributed by atoms with E-state index in [-0.39, 0.29) is 7.48 Å². The normalized spacial score (nSPS) is 9.50. The van der Waals surface area contributed by atoms with Crippen LogP contribution in [0.5, 0.6) is 0 Å². The number of aromatic nitrogens is 1. The van der Waals surface area contributed by atoms with Crippen LogP contribution in [0.2, 0.25) is 0 Å². The Morgan fingerprint density at radius 2 is 1.80 bits per heavy atom. The van der Waals surface area contributed by atoms with E-state index in [4.69, 9.17) is 5.02 Å².